The Balaban J connectivity index is 1.68. The maximum atomic E-state index is 12.9. The molecule has 0 aliphatic heterocycles. The fourth-order valence-corrected chi connectivity index (χ4v) is 8.96. The number of rotatable bonds is 5. The first-order chi connectivity index (χ1) is 16.3. The van der Waals surface area contributed by atoms with E-state index in [2.05, 4.69) is 53.7 Å². The maximum Gasteiger partial charge on any atom is 0.333 e. The Morgan fingerprint density at radius 1 is 1.17 bits per heavy atom. The first kappa shape index (κ1) is 26.1. The molecule has 0 heterocycles. The summed E-state index contributed by atoms with van der Waals surface area (Å²) in [5.41, 5.74) is 3.22. The fourth-order valence-electron chi connectivity index (χ4n) is 8.96. The van der Waals surface area contributed by atoms with E-state index in [0.717, 1.165) is 32.1 Å². The Kier molecular flexibility index (Phi) is 6.38. The van der Waals surface area contributed by atoms with E-state index in [0.29, 0.717) is 36.0 Å². The average Bonchev–Trinajstić information content (AvgIpc) is 3.32. The SMILES string of the molecule is COC(=O)/C(C)=C/C(=O)C[C@@H](C)[C@]1(C)CC=C(C)[C@]12CC[C@@H]1C2=CC[C@H]2C(C)(C)C(=O)CC[C@]12C. The highest BCUT2D eigenvalue weighted by molar-refractivity contribution is 5.99. The van der Waals surface area contributed by atoms with Gasteiger partial charge in [0.25, 0.3) is 0 Å². The lowest BCUT2D eigenvalue weighted by atomic mass is 9.46. The van der Waals surface area contributed by atoms with Crippen LogP contribution in [0.15, 0.2) is 34.9 Å². The van der Waals surface area contributed by atoms with Crippen LogP contribution in [0.4, 0.5) is 0 Å². The standard InChI is InChI=1S/C31H44O4/c1-19(27(34)35-8)17-22(32)18-21(3)30(7)15-11-20(2)31(30)16-12-23-24(31)9-10-25-28(4,5)26(33)13-14-29(23,25)6/h9,11,17,21,23,25H,10,12-16,18H2,1-8H3/b19-17+/t21-,23-,25+,29-,30+,31+/m1/s1. The molecule has 4 rings (SSSR count). The quantitative estimate of drug-likeness (QED) is 0.247. The highest BCUT2D eigenvalue weighted by atomic mass is 16.5. The fraction of sp³-hybridized carbons (Fsp3) is 0.710. The number of allylic oxidation sites excluding steroid dienone is 5. The van der Waals surface area contributed by atoms with Crippen LogP contribution in [0, 0.1) is 39.4 Å². The van der Waals surface area contributed by atoms with Crippen molar-refractivity contribution < 1.29 is 19.1 Å². The molecule has 192 valence electrons. The van der Waals surface area contributed by atoms with Gasteiger partial charge in [0.05, 0.1) is 7.11 Å². The molecule has 4 nitrogen and oxygen atoms in total. The molecular weight excluding hydrogens is 436 g/mol. The predicted molar refractivity (Wildman–Crippen MR) is 139 cm³/mol. The molecule has 0 unspecified atom stereocenters. The molecule has 2 saturated carbocycles. The summed E-state index contributed by atoms with van der Waals surface area (Å²) in [7, 11) is 1.34. The van der Waals surface area contributed by atoms with Gasteiger partial charge in [-0.05, 0) is 80.6 Å². The first-order valence-electron chi connectivity index (χ1n) is 13.5. The number of ether oxygens (including phenoxy) is 1. The van der Waals surface area contributed by atoms with Crippen molar-refractivity contribution in [3.05, 3.63) is 34.9 Å². The van der Waals surface area contributed by atoms with Crippen molar-refractivity contribution in [3.63, 3.8) is 0 Å². The summed E-state index contributed by atoms with van der Waals surface area (Å²) in [6, 6.07) is 0. The topological polar surface area (TPSA) is 60.4 Å². The normalized spacial score (nSPS) is 39.0. The van der Waals surface area contributed by atoms with Gasteiger partial charge in [-0.25, -0.2) is 4.79 Å². The van der Waals surface area contributed by atoms with Crippen LogP contribution in [-0.2, 0) is 19.1 Å². The van der Waals surface area contributed by atoms with Crippen LogP contribution in [0.5, 0.6) is 0 Å². The van der Waals surface area contributed by atoms with Crippen molar-refractivity contribution in [2.45, 2.75) is 93.4 Å². The third kappa shape index (κ3) is 3.56. The molecule has 0 N–H and O–H groups in total. The number of hydrogen-bond acceptors (Lipinski definition) is 4. The van der Waals surface area contributed by atoms with Crippen LogP contribution >= 0.6 is 0 Å². The zero-order chi connectivity index (χ0) is 26.0. The molecular formula is C31H44O4. The Labute approximate surface area is 211 Å². The van der Waals surface area contributed by atoms with Crippen LogP contribution in [0.25, 0.3) is 0 Å². The van der Waals surface area contributed by atoms with Crippen molar-refractivity contribution in [1.82, 2.24) is 0 Å². The van der Waals surface area contributed by atoms with Gasteiger partial charge in [-0.15, -0.1) is 0 Å². The Morgan fingerprint density at radius 2 is 1.86 bits per heavy atom. The lowest BCUT2D eigenvalue weighted by Gasteiger charge is -2.57. The van der Waals surface area contributed by atoms with Gasteiger partial charge in [0.1, 0.15) is 5.78 Å². The monoisotopic (exact) mass is 480 g/mol. The van der Waals surface area contributed by atoms with Crippen LogP contribution in [0.1, 0.15) is 93.4 Å². The number of Topliss-reactive ketones (excluding diaryl/α,β-unsaturated/α-hetero) is 1. The van der Waals surface area contributed by atoms with Crippen molar-refractivity contribution in [1.29, 1.82) is 0 Å². The van der Waals surface area contributed by atoms with Crippen molar-refractivity contribution in [2.75, 3.05) is 7.11 Å². The molecule has 0 aromatic carbocycles. The molecule has 0 radical (unpaired) electrons. The molecule has 4 aliphatic carbocycles. The number of hydrogen-bond donors (Lipinski definition) is 0. The molecule has 0 saturated heterocycles. The molecule has 4 aliphatic rings. The van der Waals surface area contributed by atoms with Gasteiger partial charge in [0.2, 0.25) is 0 Å². The highest BCUT2D eigenvalue weighted by Gasteiger charge is 2.65. The highest BCUT2D eigenvalue weighted by Crippen LogP contribution is 2.73. The van der Waals surface area contributed by atoms with E-state index in [1.54, 1.807) is 12.5 Å². The van der Waals surface area contributed by atoms with Gasteiger partial charge in [-0.1, -0.05) is 57.9 Å². The first-order valence-corrected chi connectivity index (χ1v) is 13.5. The number of carbonyl (C=O) groups excluding carboxylic acids is 3. The number of methoxy groups -OCH3 is 1. The zero-order valence-electron chi connectivity index (χ0n) is 23.0. The minimum Gasteiger partial charge on any atom is -0.466 e. The van der Waals surface area contributed by atoms with Gasteiger partial charge < -0.3 is 4.74 Å². The second kappa shape index (κ2) is 8.56. The van der Waals surface area contributed by atoms with E-state index in [-0.39, 0.29) is 33.4 Å². The Hall–Kier alpha value is -1.97. The largest absolute Gasteiger partial charge is 0.466 e. The summed E-state index contributed by atoms with van der Waals surface area (Å²) in [4.78, 5) is 37.6. The zero-order valence-corrected chi connectivity index (χ0v) is 23.0. The lowest BCUT2D eigenvalue weighted by Crippen LogP contribution is -2.53. The Bertz CT molecular complexity index is 1040. The van der Waals surface area contributed by atoms with E-state index < -0.39 is 5.97 Å². The molecule has 0 aromatic rings. The molecule has 2 fully saturated rings. The molecule has 0 amide bonds. The van der Waals surface area contributed by atoms with Crippen molar-refractivity contribution in [3.8, 4) is 0 Å². The van der Waals surface area contributed by atoms with Crippen LogP contribution in [-0.4, -0.2) is 24.6 Å². The van der Waals surface area contributed by atoms with Crippen molar-refractivity contribution >= 4 is 17.5 Å². The molecule has 35 heavy (non-hydrogen) atoms. The van der Waals surface area contributed by atoms with Crippen molar-refractivity contribution in [2.24, 2.45) is 39.4 Å². The van der Waals surface area contributed by atoms with E-state index in [1.807, 2.05) is 0 Å². The van der Waals surface area contributed by atoms with Gasteiger partial charge in [0.15, 0.2) is 5.78 Å². The van der Waals surface area contributed by atoms with Crippen LogP contribution in [0.2, 0.25) is 0 Å². The van der Waals surface area contributed by atoms with Gasteiger partial charge in [-0.3, -0.25) is 9.59 Å². The molecule has 4 heteroatoms. The number of esters is 1. The van der Waals surface area contributed by atoms with E-state index in [1.165, 1.54) is 18.8 Å². The summed E-state index contributed by atoms with van der Waals surface area (Å²) in [5.74, 6) is 1.03. The number of ketones is 2. The number of fused-ring (bicyclic) bond motifs is 4. The minimum atomic E-state index is -0.449. The third-order valence-corrected chi connectivity index (χ3v) is 11.3. The maximum absolute atomic E-state index is 12.9. The molecule has 1 spiro atoms. The van der Waals surface area contributed by atoms with Gasteiger partial charge >= 0.3 is 5.97 Å². The third-order valence-electron chi connectivity index (χ3n) is 11.3. The summed E-state index contributed by atoms with van der Waals surface area (Å²) in [5, 5.41) is 0. The van der Waals surface area contributed by atoms with Crippen LogP contribution < -0.4 is 0 Å². The molecule has 6 atom stereocenters. The summed E-state index contributed by atoms with van der Waals surface area (Å²) >= 11 is 0. The minimum absolute atomic E-state index is 0.00642. The summed E-state index contributed by atoms with van der Waals surface area (Å²) in [6.07, 6.45) is 12.7. The Morgan fingerprint density at radius 3 is 2.51 bits per heavy atom. The van der Waals surface area contributed by atoms with E-state index >= 15 is 0 Å². The molecule has 0 bridgehead atoms. The molecule has 0 aromatic heterocycles. The van der Waals surface area contributed by atoms with Gasteiger partial charge in [0, 0.05) is 29.2 Å². The van der Waals surface area contributed by atoms with E-state index in [4.69, 9.17) is 4.74 Å². The van der Waals surface area contributed by atoms with Crippen LogP contribution in [0.3, 0.4) is 0 Å². The predicted octanol–water partition coefficient (Wildman–Crippen LogP) is 6.80. The average molecular weight is 481 g/mol. The van der Waals surface area contributed by atoms with E-state index in [9.17, 15) is 14.4 Å². The van der Waals surface area contributed by atoms with Gasteiger partial charge in [-0.2, -0.15) is 0 Å². The number of carbonyl (C=O) groups is 3. The second-order valence-electron chi connectivity index (χ2n) is 13.0. The second-order valence-corrected chi connectivity index (χ2v) is 13.0. The summed E-state index contributed by atoms with van der Waals surface area (Å²) in [6.45, 7) is 15.3. The smallest absolute Gasteiger partial charge is 0.333 e. The summed E-state index contributed by atoms with van der Waals surface area (Å²) < 4.78 is 4.76. The lowest BCUT2D eigenvalue weighted by molar-refractivity contribution is -0.142.